The van der Waals surface area contributed by atoms with Gasteiger partial charge in [0.15, 0.2) is 23.8 Å². The predicted molar refractivity (Wildman–Crippen MR) is 85.2 cm³/mol. The van der Waals surface area contributed by atoms with E-state index in [-0.39, 0.29) is 5.69 Å². The molecule has 2 aromatic rings. The number of carbonyl (C=O) groups excluding carboxylic acids is 2. The van der Waals surface area contributed by atoms with Gasteiger partial charge in [-0.2, -0.15) is 0 Å². The van der Waals surface area contributed by atoms with Gasteiger partial charge in [0.05, 0.1) is 26.1 Å². The van der Waals surface area contributed by atoms with Crippen molar-refractivity contribution < 1.29 is 23.8 Å². The van der Waals surface area contributed by atoms with Gasteiger partial charge in [-0.25, -0.2) is 9.78 Å². The summed E-state index contributed by atoms with van der Waals surface area (Å²) in [4.78, 5) is 31.4. The topological polar surface area (TPSA) is 99.6 Å². The molecule has 0 fully saturated rings. The molecule has 8 heteroatoms. The van der Waals surface area contributed by atoms with Crippen molar-refractivity contribution in [3.05, 3.63) is 42.0 Å². The number of carbonyl (C=O) groups is 2. The molecule has 1 heterocycles. The lowest BCUT2D eigenvalue weighted by Crippen LogP contribution is -2.21. The summed E-state index contributed by atoms with van der Waals surface area (Å²) in [7, 11) is 3.01. The standard InChI is InChI=1S/C16H17N3O5/c1-10-7-18-12(8-17-10)16(21)24-9-15(20)19-11-4-5-13(22-2)14(6-11)23-3/h4-8H,9H2,1-3H3,(H,19,20). The van der Waals surface area contributed by atoms with Crippen LogP contribution in [0.5, 0.6) is 11.5 Å². The molecule has 2 rings (SSSR count). The van der Waals surface area contributed by atoms with Crippen molar-refractivity contribution in [2.75, 3.05) is 26.1 Å². The first-order valence-corrected chi connectivity index (χ1v) is 7.01. The van der Waals surface area contributed by atoms with Crippen LogP contribution in [-0.2, 0) is 9.53 Å². The molecule has 126 valence electrons. The Labute approximate surface area is 138 Å². The largest absolute Gasteiger partial charge is 0.493 e. The summed E-state index contributed by atoms with van der Waals surface area (Å²) in [6.07, 6.45) is 2.74. The minimum absolute atomic E-state index is 0.0412. The van der Waals surface area contributed by atoms with Gasteiger partial charge in [0.2, 0.25) is 0 Å². The third-order valence-corrected chi connectivity index (χ3v) is 2.99. The molecule has 0 aliphatic rings. The van der Waals surface area contributed by atoms with Crippen LogP contribution in [0.3, 0.4) is 0 Å². The molecule has 0 saturated carbocycles. The Morgan fingerprint density at radius 1 is 1.08 bits per heavy atom. The van der Waals surface area contributed by atoms with E-state index in [2.05, 4.69) is 15.3 Å². The molecule has 1 amide bonds. The van der Waals surface area contributed by atoms with Crippen LogP contribution >= 0.6 is 0 Å². The average Bonchev–Trinajstić information content (AvgIpc) is 2.60. The second-order valence-electron chi connectivity index (χ2n) is 4.74. The van der Waals surface area contributed by atoms with Crippen LogP contribution in [0.2, 0.25) is 0 Å². The van der Waals surface area contributed by atoms with Crippen molar-refractivity contribution in [2.24, 2.45) is 0 Å². The van der Waals surface area contributed by atoms with E-state index in [1.54, 1.807) is 25.1 Å². The molecule has 0 aliphatic carbocycles. The molecule has 0 radical (unpaired) electrons. The van der Waals surface area contributed by atoms with Crippen LogP contribution in [0, 0.1) is 6.92 Å². The Morgan fingerprint density at radius 2 is 1.83 bits per heavy atom. The number of amides is 1. The van der Waals surface area contributed by atoms with E-state index in [9.17, 15) is 9.59 Å². The number of nitrogens with one attached hydrogen (secondary N) is 1. The predicted octanol–water partition coefficient (Wildman–Crippen LogP) is 1.60. The summed E-state index contributed by atoms with van der Waals surface area (Å²) in [6, 6.07) is 4.90. The Kier molecular flexibility index (Phi) is 5.67. The number of aryl methyl sites for hydroxylation is 1. The van der Waals surface area contributed by atoms with Gasteiger partial charge in [0.25, 0.3) is 5.91 Å². The molecule has 24 heavy (non-hydrogen) atoms. The van der Waals surface area contributed by atoms with Crippen molar-refractivity contribution in [3.8, 4) is 11.5 Å². The van der Waals surface area contributed by atoms with Crippen LogP contribution in [0.4, 0.5) is 5.69 Å². The van der Waals surface area contributed by atoms with Crippen LogP contribution in [-0.4, -0.2) is 42.7 Å². The van der Waals surface area contributed by atoms with Gasteiger partial charge in [-0.05, 0) is 19.1 Å². The number of ether oxygens (including phenoxy) is 3. The molecular formula is C16H17N3O5. The number of methoxy groups -OCH3 is 2. The third-order valence-electron chi connectivity index (χ3n) is 2.99. The number of esters is 1. The van der Waals surface area contributed by atoms with E-state index < -0.39 is 18.5 Å². The number of rotatable bonds is 6. The van der Waals surface area contributed by atoms with Crippen LogP contribution in [0.15, 0.2) is 30.6 Å². The highest BCUT2D eigenvalue weighted by Gasteiger charge is 2.13. The number of hydrogen-bond acceptors (Lipinski definition) is 7. The van der Waals surface area contributed by atoms with Crippen molar-refractivity contribution in [2.45, 2.75) is 6.92 Å². The Bertz CT molecular complexity index is 731. The first-order valence-electron chi connectivity index (χ1n) is 7.01. The van der Waals surface area contributed by atoms with Gasteiger partial charge in [-0.1, -0.05) is 0 Å². The van der Waals surface area contributed by atoms with Gasteiger partial charge in [0, 0.05) is 18.0 Å². The van der Waals surface area contributed by atoms with Crippen LogP contribution in [0.1, 0.15) is 16.2 Å². The molecular weight excluding hydrogens is 314 g/mol. The van der Waals surface area contributed by atoms with Crippen LogP contribution in [0.25, 0.3) is 0 Å². The van der Waals surface area contributed by atoms with Gasteiger partial charge < -0.3 is 19.5 Å². The van der Waals surface area contributed by atoms with Crippen molar-refractivity contribution >= 4 is 17.6 Å². The van der Waals surface area contributed by atoms with Crippen LogP contribution < -0.4 is 14.8 Å². The fourth-order valence-electron chi connectivity index (χ4n) is 1.81. The highest BCUT2D eigenvalue weighted by atomic mass is 16.5. The zero-order valence-corrected chi connectivity index (χ0v) is 13.5. The Balaban J connectivity index is 1.91. The highest BCUT2D eigenvalue weighted by molar-refractivity contribution is 5.94. The van der Waals surface area contributed by atoms with E-state index in [0.29, 0.717) is 22.9 Å². The quantitative estimate of drug-likeness (QED) is 0.802. The number of anilines is 1. The summed E-state index contributed by atoms with van der Waals surface area (Å²) in [5, 5.41) is 2.60. The lowest BCUT2D eigenvalue weighted by atomic mass is 10.2. The molecule has 8 nitrogen and oxygen atoms in total. The van der Waals surface area contributed by atoms with Gasteiger partial charge in [0.1, 0.15) is 0 Å². The fraction of sp³-hybridized carbons (Fsp3) is 0.250. The lowest BCUT2D eigenvalue weighted by molar-refractivity contribution is -0.119. The fourth-order valence-corrected chi connectivity index (χ4v) is 1.81. The zero-order chi connectivity index (χ0) is 17.5. The van der Waals surface area contributed by atoms with E-state index in [4.69, 9.17) is 14.2 Å². The Hall–Kier alpha value is -3.16. The first-order chi connectivity index (χ1) is 11.5. The summed E-state index contributed by atoms with van der Waals surface area (Å²) < 4.78 is 15.2. The second kappa shape index (κ2) is 7.91. The third kappa shape index (κ3) is 4.42. The van der Waals surface area contributed by atoms with E-state index >= 15 is 0 Å². The lowest BCUT2D eigenvalue weighted by Gasteiger charge is -2.10. The molecule has 0 aliphatic heterocycles. The molecule has 1 aromatic carbocycles. The number of hydrogen-bond donors (Lipinski definition) is 1. The van der Waals surface area contributed by atoms with Crippen molar-refractivity contribution in [1.29, 1.82) is 0 Å². The number of benzene rings is 1. The SMILES string of the molecule is COc1ccc(NC(=O)COC(=O)c2cnc(C)cn2)cc1OC. The molecule has 1 N–H and O–H groups in total. The zero-order valence-electron chi connectivity index (χ0n) is 13.5. The molecule has 0 spiro atoms. The first kappa shape index (κ1) is 17.2. The normalized spacial score (nSPS) is 9.96. The van der Waals surface area contributed by atoms with E-state index in [0.717, 1.165) is 0 Å². The van der Waals surface area contributed by atoms with Gasteiger partial charge >= 0.3 is 5.97 Å². The maximum absolute atomic E-state index is 11.9. The maximum atomic E-state index is 11.9. The molecule has 0 saturated heterocycles. The van der Waals surface area contributed by atoms with Gasteiger partial charge in [-0.15, -0.1) is 0 Å². The van der Waals surface area contributed by atoms with Gasteiger partial charge in [-0.3, -0.25) is 9.78 Å². The summed E-state index contributed by atoms with van der Waals surface area (Å²) >= 11 is 0. The Morgan fingerprint density at radius 3 is 2.46 bits per heavy atom. The molecule has 0 unspecified atom stereocenters. The number of aromatic nitrogens is 2. The van der Waals surface area contributed by atoms with E-state index in [1.165, 1.54) is 26.6 Å². The molecule has 0 atom stereocenters. The summed E-state index contributed by atoms with van der Waals surface area (Å²) in [6.45, 7) is 1.31. The summed E-state index contributed by atoms with van der Waals surface area (Å²) in [5.41, 5.74) is 1.21. The van der Waals surface area contributed by atoms with Crippen molar-refractivity contribution in [1.82, 2.24) is 9.97 Å². The molecule has 1 aromatic heterocycles. The van der Waals surface area contributed by atoms with Crippen molar-refractivity contribution in [3.63, 3.8) is 0 Å². The highest BCUT2D eigenvalue weighted by Crippen LogP contribution is 2.29. The smallest absolute Gasteiger partial charge is 0.359 e. The number of nitrogens with zero attached hydrogens (tertiary/aromatic N) is 2. The second-order valence-corrected chi connectivity index (χ2v) is 4.74. The van der Waals surface area contributed by atoms with E-state index in [1.807, 2.05) is 0 Å². The average molecular weight is 331 g/mol. The molecule has 0 bridgehead atoms. The monoisotopic (exact) mass is 331 g/mol. The minimum atomic E-state index is -0.718. The minimum Gasteiger partial charge on any atom is -0.493 e. The maximum Gasteiger partial charge on any atom is 0.359 e. The summed E-state index contributed by atoms with van der Waals surface area (Å²) in [5.74, 6) is -0.192.